The number of nitrogens with one attached hydrogen (secondary N) is 1. The fourth-order valence-corrected chi connectivity index (χ4v) is 2.08. The number of nitrogens with zero attached hydrogens (tertiary/aromatic N) is 1. The zero-order valence-electron chi connectivity index (χ0n) is 9.04. The number of hydrogen-bond acceptors (Lipinski definition) is 2. The fraction of sp³-hybridized carbons (Fsp3) is 0.500. The topological polar surface area (TPSA) is 15.3 Å². The van der Waals surface area contributed by atoms with Crippen molar-refractivity contribution in [1.82, 2.24) is 4.90 Å². The lowest BCUT2D eigenvalue weighted by Gasteiger charge is -2.30. The molecule has 1 aromatic carbocycles. The van der Waals surface area contributed by atoms with Crippen molar-refractivity contribution in [3.63, 3.8) is 0 Å². The molecule has 0 amide bonds. The molecule has 1 fully saturated rings. The molecule has 1 aliphatic heterocycles. The van der Waals surface area contributed by atoms with Gasteiger partial charge in [-0.05, 0) is 38.6 Å². The van der Waals surface area contributed by atoms with E-state index in [-0.39, 0.29) is 5.82 Å². The second kappa shape index (κ2) is 4.62. The highest BCUT2D eigenvalue weighted by molar-refractivity contribution is 5.45. The summed E-state index contributed by atoms with van der Waals surface area (Å²) in [6, 6.07) is 7.24. The fourth-order valence-electron chi connectivity index (χ4n) is 2.08. The Labute approximate surface area is 90.1 Å². The van der Waals surface area contributed by atoms with Crippen LogP contribution < -0.4 is 5.32 Å². The van der Waals surface area contributed by atoms with Crippen LogP contribution in [0.4, 0.5) is 10.1 Å². The zero-order valence-corrected chi connectivity index (χ0v) is 9.04. The SMILES string of the molecule is CN1CCCC(Nc2ccccc2F)C1. The monoisotopic (exact) mass is 208 g/mol. The van der Waals surface area contributed by atoms with Gasteiger partial charge in [0.05, 0.1) is 5.69 Å². The van der Waals surface area contributed by atoms with Crippen molar-refractivity contribution in [2.24, 2.45) is 0 Å². The Morgan fingerprint density at radius 1 is 1.40 bits per heavy atom. The molecule has 1 aromatic rings. The first-order valence-corrected chi connectivity index (χ1v) is 5.45. The minimum absolute atomic E-state index is 0.161. The first kappa shape index (κ1) is 10.4. The van der Waals surface area contributed by atoms with Crippen LogP contribution in [0.25, 0.3) is 0 Å². The predicted octanol–water partition coefficient (Wildman–Crippen LogP) is 2.33. The van der Waals surface area contributed by atoms with Crippen LogP contribution in [0.3, 0.4) is 0 Å². The van der Waals surface area contributed by atoms with Gasteiger partial charge in [-0.25, -0.2) is 4.39 Å². The molecule has 15 heavy (non-hydrogen) atoms. The molecule has 0 spiro atoms. The molecule has 0 aromatic heterocycles. The molecule has 1 heterocycles. The molecule has 0 saturated carbocycles. The summed E-state index contributed by atoms with van der Waals surface area (Å²) in [7, 11) is 2.11. The molecular weight excluding hydrogens is 191 g/mol. The van der Waals surface area contributed by atoms with E-state index in [2.05, 4.69) is 17.3 Å². The molecule has 0 bridgehead atoms. The minimum atomic E-state index is -0.161. The average Bonchev–Trinajstić information content (AvgIpc) is 2.22. The summed E-state index contributed by atoms with van der Waals surface area (Å²) in [5.74, 6) is -0.161. The minimum Gasteiger partial charge on any atom is -0.379 e. The van der Waals surface area contributed by atoms with E-state index in [1.807, 2.05) is 6.07 Å². The van der Waals surface area contributed by atoms with E-state index in [4.69, 9.17) is 0 Å². The lowest BCUT2D eigenvalue weighted by atomic mass is 10.1. The summed E-state index contributed by atoms with van der Waals surface area (Å²) in [6.45, 7) is 2.14. The number of rotatable bonds is 2. The highest BCUT2D eigenvalue weighted by Crippen LogP contribution is 2.17. The van der Waals surface area contributed by atoms with Gasteiger partial charge in [-0.15, -0.1) is 0 Å². The molecule has 1 atom stereocenters. The van der Waals surface area contributed by atoms with Gasteiger partial charge < -0.3 is 10.2 Å². The summed E-state index contributed by atoms with van der Waals surface area (Å²) in [6.07, 6.45) is 2.31. The van der Waals surface area contributed by atoms with Gasteiger partial charge in [0, 0.05) is 12.6 Å². The summed E-state index contributed by atoms with van der Waals surface area (Å²) >= 11 is 0. The van der Waals surface area contributed by atoms with Crippen molar-refractivity contribution in [3.05, 3.63) is 30.1 Å². The molecule has 0 radical (unpaired) electrons. The van der Waals surface area contributed by atoms with E-state index in [0.717, 1.165) is 19.5 Å². The van der Waals surface area contributed by atoms with E-state index < -0.39 is 0 Å². The van der Waals surface area contributed by atoms with E-state index in [1.54, 1.807) is 12.1 Å². The number of benzene rings is 1. The first-order chi connectivity index (χ1) is 7.25. The standard InChI is InChI=1S/C12H17FN2/c1-15-8-4-5-10(9-15)14-12-7-3-2-6-11(12)13/h2-3,6-7,10,14H,4-5,8-9H2,1H3. The molecule has 2 nitrogen and oxygen atoms in total. The van der Waals surface area contributed by atoms with Crippen LogP contribution in [0.2, 0.25) is 0 Å². The van der Waals surface area contributed by atoms with Crippen molar-refractivity contribution in [1.29, 1.82) is 0 Å². The summed E-state index contributed by atoms with van der Waals surface area (Å²) < 4.78 is 13.4. The van der Waals surface area contributed by atoms with Gasteiger partial charge in [0.2, 0.25) is 0 Å². The lowest BCUT2D eigenvalue weighted by molar-refractivity contribution is 0.260. The van der Waals surface area contributed by atoms with E-state index in [1.165, 1.54) is 12.5 Å². The Morgan fingerprint density at radius 3 is 2.93 bits per heavy atom. The summed E-state index contributed by atoms with van der Waals surface area (Å²) in [4.78, 5) is 2.28. The summed E-state index contributed by atoms with van der Waals surface area (Å²) in [5.41, 5.74) is 0.623. The van der Waals surface area contributed by atoms with Gasteiger partial charge in [0.25, 0.3) is 0 Å². The number of hydrogen-bond donors (Lipinski definition) is 1. The first-order valence-electron chi connectivity index (χ1n) is 5.45. The van der Waals surface area contributed by atoms with Crippen LogP contribution in [0.1, 0.15) is 12.8 Å². The molecular formula is C12H17FN2. The highest BCUT2D eigenvalue weighted by Gasteiger charge is 2.17. The molecule has 1 unspecified atom stereocenters. The third-order valence-electron chi connectivity index (χ3n) is 2.86. The van der Waals surface area contributed by atoms with Crippen LogP contribution in [-0.2, 0) is 0 Å². The van der Waals surface area contributed by atoms with Crippen molar-refractivity contribution in [2.75, 3.05) is 25.5 Å². The molecule has 0 aliphatic carbocycles. The number of halogens is 1. The van der Waals surface area contributed by atoms with Gasteiger partial charge in [0.1, 0.15) is 5.82 Å². The van der Waals surface area contributed by atoms with Gasteiger partial charge in [-0.2, -0.15) is 0 Å². The predicted molar refractivity (Wildman–Crippen MR) is 60.5 cm³/mol. The third kappa shape index (κ3) is 2.69. The second-order valence-corrected chi connectivity index (χ2v) is 4.23. The third-order valence-corrected chi connectivity index (χ3v) is 2.86. The van der Waals surface area contributed by atoms with Crippen LogP contribution in [0.15, 0.2) is 24.3 Å². The van der Waals surface area contributed by atoms with Crippen molar-refractivity contribution in [2.45, 2.75) is 18.9 Å². The Bertz CT molecular complexity index is 327. The molecule has 82 valence electrons. The Morgan fingerprint density at radius 2 is 2.20 bits per heavy atom. The number of para-hydroxylation sites is 1. The van der Waals surface area contributed by atoms with Gasteiger partial charge in [-0.1, -0.05) is 12.1 Å². The molecule has 1 aliphatic rings. The average molecular weight is 208 g/mol. The maximum atomic E-state index is 13.4. The van der Waals surface area contributed by atoms with Crippen LogP contribution >= 0.6 is 0 Å². The van der Waals surface area contributed by atoms with E-state index in [9.17, 15) is 4.39 Å². The summed E-state index contributed by atoms with van der Waals surface area (Å²) in [5, 5.41) is 3.26. The molecule has 1 N–H and O–H groups in total. The highest BCUT2D eigenvalue weighted by atomic mass is 19.1. The van der Waals surface area contributed by atoms with Crippen LogP contribution in [-0.4, -0.2) is 31.1 Å². The van der Waals surface area contributed by atoms with Crippen molar-refractivity contribution >= 4 is 5.69 Å². The molecule has 3 heteroatoms. The van der Waals surface area contributed by atoms with Gasteiger partial charge in [-0.3, -0.25) is 0 Å². The maximum Gasteiger partial charge on any atom is 0.146 e. The Balaban J connectivity index is 1.99. The smallest absolute Gasteiger partial charge is 0.146 e. The molecule has 2 rings (SSSR count). The van der Waals surface area contributed by atoms with Gasteiger partial charge >= 0.3 is 0 Å². The normalized spacial score (nSPS) is 22.7. The molecule has 1 saturated heterocycles. The van der Waals surface area contributed by atoms with Crippen molar-refractivity contribution < 1.29 is 4.39 Å². The quantitative estimate of drug-likeness (QED) is 0.802. The number of likely N-dealkylation sites (N-methyl/N-ethyl adjacent to an activating group) is 1. The zero-order chi connectivity index (χ0) is 10.7. The van der Waals surface area contributed by atoms with Crippen molar-refractivity contribution in [3.8, 4) is 0 Å². The number of anilines is 1. The number of likely N-dealkylation sites (tertiary alicyclic amines) is 1. The maximum absolute atomic E-state index is 13.4. The van der Waals surface area contributed by atoms with Crippen LogP contribution in [0.5, 0.6) is 0 Å². The largest absolute Gasteiger partial charge is 0.379 e. The number of piperidine rings is 1. The Hall–Kier alpha value is -1.09. The second-order valence-electron chi connectivity index (χ2n) is 4.23. The van der Waals surface area contributed by atoms with Gasteiger partial charge in [0.15, 0.2) is 0 Å². The Kier molecular flexibility index (Phi) is 3.21. The lowest BCUT2D eigenvalue weighted by Crippen LogP contribution is -2.39. The van der Waals surface area contributed by atoms with E-state index >= 15 is 0 Å². The van der Waals surface area contributed by atoms with Crippen LogP contribution in [0, 0.1) is 5.82 Å². The van der Waals surface area contributed by atoms with E-state index in [0.29, 0.717) is 11.7 Å².